The third-order valence-corrected chi connectivity index (χ3v) is 5.05. The second-order valence-corrected chi connectivity index (χ2v) is 7.66. The molecule has 0 saturated carbocycles. The van der Waals surface area contributed by atoms with Crippen LogP contribution in [0.5, 0.6) is 11.5 Å². The molecule has 34 heavy (non-hydrogen) atoms. The fourth-order valence-corrected chi connectivity index (χ4v) is 3.07. The van der Waals surface area contributed by atoms with Crippen LogP contribution in [-0.2, 0) is 6.18 Å². The first-order chi connectivity index (χ1) is 16.2. The Balaban J connectivity index is 0.000000287. The summed E-state index contributed by atoms with van der Waals surface area (Å²) < 4.78 is 47.5. The molecule has 3 rings (SSSR count). The molecule has 0 amide bonds. The lowest BCUT2D eigenvalue weighted by Crippen LogP contribution is -2.48. The standard InChI is InChI=1S/C16H22N2O4.C8H4F3N/c1-2-3-6-21-14-7-12(8-17)4-5-13(14)22-15-9-18-10-16(15,20)11-19;9-8(10,11)7-3-1-2-6(4-7)5-12/h4-5,7,15,18-20H,2-3,6,9-11H2,1H3;1-4H/t15-,16+;/m0./s1. The first-order valence-corrected chi connectivity index (χ1v) is 10.6. The summed E-state index contributed by atoms with van der Waals surface area (Å²) in [6.45, 7) is 2.93. The summed E-state index contributed by atoms with van der Waals surface area (Å²) in [6, 6.07) is 12.9. The second-order valence-electron chi connectivity index (χ2n) is 7.66. The molecular formula is C24H26F3N3O4. The Kier molecular flexibility index (Phi) is 9.69. The summed E-state index contributed by atoms with van der Waals surface area (Å²) in [5.41, 5.74) is -1.60. The number of alkyl halides is 3. The Labute approximate surface area is 196 Å². The van der Waals surface area contributed by atoms with Crippen molar-refractivity contribution in [3.05, 3.63) is 59.2 Å². The van der Waals surface area contributed by atoms with Gasteiger partial charge >= 0.3 is 6.18 Å². The van der Waals surface area contributed by atoms with E-state index in [0.717, 1.165) is 25.0 Å². The van der Waals surface area contributed by atoms with E-state index < -0.39 is 23.4 Å². The van der Waals surface area contributed by atoms with Gasteiger partial charge in [-0.25, -0.2) is 0 Å². The lowest BCUT2D eigenvalue weighted by Gasteiger charge is -2.28. The number of aliphatic hydroxyl groups is 2. The highest BCUT2D eigenvalue weighted by Gasteiger charge is 2.43. The average molecular weight is 477 g/mol. The van der Waals surface area contributed by atoms with Crippen LogP contribution in [-0.4, -0.2) is 48.2 Å². The minimum atomic E-state index is -4.37. The predicted octanol–water partition coefficient (Wildman–Crippen LogP) is 3.39. The van der Waals surface area contributed by atoms with Crippen LogP contribution in [0.25, 0.3) is 0 Å². The molecule has 1 fully saturated rings. The molecule has 0 aliphatic carbocycles. The van der Waals surface area contributed by atoms with E-state index >= 15 is 0 Å². The number of unbranched alkanes of at least 4 members (excludes halogenated alkanes) is 1. The molecule has 2 aromatic rings. The van der Waals surface area contributed by atoms with E-state index in [1.54, 1.807) is 24.3 Å². The molecule has 1 saturated heterocycles. The van der Waals surface area contributed by atoms with Crippen molar-refractivity contribution in [2.75, 3.05) is 26.3 Å². The van der Waals surface area contributed by atoms with Gasteiger partial charge in [0.15, 0.2) is 11.5 Å². The molecule has 3 N–H and O–H groups in total. The third-order valence-electron chi connectivity index (χ3n) is 5.05. The average Bonchev–Trinajstić information content (AvgIpc) is 3.20. The minimum absolute atomic E-state index is 0.0184. The van der Waals surface area contributed by atoms with Crippen molar-refractivity contribution in [2.45, 2.75) is 37.6 Å². The van der Waals surface area contributed by atoms with Crippen molar-refractivity contribution in [2.24, 2.45) is 0 Å². The predicted molar refractivity (Wildman–Crippen MR) is 117 cm³/mol. The summed E-state index contributed by atoms with van der Waals surface area (Å²) in [5, 5.41) is 40.0. The van der Waals surface area contributed by atoms with Crippen LogP contribution < -0.4 is 14.8 Å². The molecule has 182 valence electrons. The number of nitriles is 2. The van der Waals surface area contributed by atoms with Gasteiger partial charge < -0.3 is 25.0 Å². The fourth-order valence-electron chi connectivity index (χ4n) is 3.07. The number of aliphatic hydroxyl groups excluding tert-OH is 1. The second kappa shape index (κ2) is 12.2. The van der Waals surface area contributed by atoms with E-state index in [1.807, 2.05) is 0 Å². The van der Waals surface area contributed by atoms with E-state index in [-0.39, 0.29) is 18.7 Å². The van der Waals surface area contributed by atoms with Crippen molar-refractivity contribution >= 4 is 0 Å². The number of hydrogen-bond donors (Lipinski definition) is 3. The van der Waals surface area contributed by atoms with Gasteiger partial charge in [-0.05, 0) is 36.8 Å². The summed E-state index contributed by atoms with van der Waals surface area (Å²) >= 11 is 0. The van der Waals surface area contributed by atoms with Crippen molar-refractivity contribution < 1.29 is 32.9 Å². The number of nitrogens with one attached hydrogen (secondary N) is 1. The maximum Gasteiger partial charge on any atom is 0.416 e. The van der Waals surface area contributed by atoms with E-state index in [4.69, 9.17) is 20.0 Å². The maximum absolute atomic E-state index is 12.0. The normalized spacial score (nSPS) is 19.4. The molecule has 0 radical (unpaired) electrons. The first-order valence-electron chi connectivity index (χ1n) is 10.6. The zero-order valence-corrected chi connectivity index (χ0v) is 18.6. The van der Waals surface area contributed by atoms with Gasteiger partial charge in [-0.1, -0.05) is 19.4 Å². The Morgan fingerprint density at radius 3 is 2.44 bits per heavy atom. The Morgan fingerprint density at radius 1 is 1.12 bits per heavy atom. The van der Waals surface area contributed by atoms with Crippen LogP contribution in [0.15, 0.2) is 42.5 Å². The molecule has 2 atom stereocenters. The number of nitrogens with zero attached hydrogens (tertiary/aromatic N) is 2. The first kappa shape index (κ1) is 26.9. The molecule has 1 aliphatic rings. The summed E-state index contributed by atoms with van der Waals surface area (Å²) in [5.74, 6) is 0.954. The van der Waals surface area contributed by atoms with Gasteiger partial charge in [-0.2, -0.15) is 23.7 Å². The van der Waals surface area contributed by atoms with Crippen molar-refractivity contribution in [3.63, 3.8) is 0 Å². The topological polar surface area (TPSA) is 119 Å². The minimum Gasteiger partial charge on any atom is -0.490 e. The highest BCUT2D eigenvalue weighted by Crippen LogP contribution is 2.32. The molecular weight excluding hydrogens is 451 g/mol. The smallest absolute Gasteiger partial charge is 0.416 e. The molecule has 1 aliphatic heterocycles. The van der Waals surface area contributed by atoms with Crippen LogP contribution in [0.1, 0.15) is 36.5 Å². The van der Waals surface area contributed by atoms with Crippen LogP contribution in [0.2, 0.25) is 0 Å². The highest BCUT2D eigenvalue weighted by atomic mass is 19.4. The van der Waals surface area contributed by atoms with Gasteiger partial charge in [0, 0.05) is 19.2 Å². The molecule has 2 aromatic carbocycles. The zero-order valence-electron chi connectivity index (χ0n) is 18.6. The molecule has 10 heteroatoms. The number of rotatable bonds is 7. The van der Waals surface area contributed by atoms with Crippen LogP contribution >= 0.6 is 0 Å². The van der Waals surface area contributed by atoms with Gasteiger partial charge in [0.2, 0.25) is 0 Å². The maximum atomic E-state index is 12.0. The van der Waals surface area contributed by atoms with Gasteiger partial charge in [0.05, 0.1) is 42.0 Å². The monoisotopic (exact) mass is 477 g/mol. The van der Waals surface area contributed by atoms with Crippen LogP contribution in [0.4, 0.5) is 13.2 Å². The SMILES string of the molecule is CCCCOc1cc(C#N)ccc1O[C@H]1CNC[C@@]1(O)CO.N#Cc1cccc(C(F)(F)F)c1. The van der Waals surface area contributed by atoms with Gasteiger partial charge in [-0.3, -0.25) is 0 Å². The molecule has 7 nitrogen and oxygen atoms in total. The lowest BCUT2D eigenvalue weighted by molar-refractivity contribution is -0.137. The molecule has 0 aromatic heterocycles. The van der Waals surface area contributed by atoms with E-state index in [9.17, 15) is 23.4 Å². The Bertz CT molecular complexity index is 1030. The highest BCUT2D eigenvalue weighted by molar-refractivity contribution is 5.47. The third kappa shape index (κ3) is 7.35. The number of hydrogen-bond acceptors (Lipinski definition) is 7. The van der Waals surface area contributed by atoms with Crippen molar-refractivity contribution in [1.82, 2.24) is 5.32 Å². The van der Waals surface area contributed by atoms with E-state index in [0.29, 0.717) is 30.2 Å². The summed E-state index contributed by atoms with van der Waals surface area (Å²) in [4.78, 5) is 0. The summed E-state index contributed by atoms with van der Waals surface area (Å²) in [6.07, 6.45) is -3.03. The van der Waals surface area contributed by atoms with Crippen LogP contribution in [0.3, 0.4) is 0 Å². The number of ether oxygens (including phenoxy) is 2. The van der Waals surface area contributed by atoms with Gasteiger partial charge in [0.25, 0.3) is 0 Å². The molecule has 0 unspecified atom stereocenters. The van der Waals surface area contributed by atoms with Crippen molar-refractivity contribution in [3.8, 4) is 23.6 Å². The molecule has 1 heterocycles. The van der Waals surface area contributed by atoms with E-state index in [2.05, 4.69) is 18.3 Å². The quantitative estimate of drug-likeness (QED) is 0.523. The number of benzene rings is 2. The lowest BCUT2D eigenvalue weighted by atomic mass is 10.0. The van der Waals surface area contributed by atoms with Crippen molar-refractivity contribution in [1.29, 1.82) is 10.5 Å². The molecule has 0 spiro atoms. The number of β-amino-alcohol motifs (C(OH)–C–C–N with tert-alkyl or cyclic N) is 1. The largest absolute Gasteiger partial charge is 0.490 e. The summed E-state index contributed by atoms with van der Waals surface area (Å²) in [7, 11) is 0. The van der Waals surface area contributed by atoms with Gasteiger partial charge in [-0.15, -0.1) is 0 Å². The number of halogens is 3. The Morgan fingerprint density at radius 2 is 1.82 bits per heavy atom. The Hall–Kier alpha value is -3.31. The van der Waals surface area contributed by atoms with Gasteiger partial charge in [0.1, 0.15) is 11.7 Å². The van der Waals surface area contributed by atoms with Crippen LogP contribution in [0, 0.1) is 22.7 Å². The zero-order chi connectivity index (χ0) is 25.2. The van der Waals surface area contributed by atoms with E-state index in [1.165, 1.54) is 12.1 Å². The molecule has 0 bridgehead atoms. The fraction of sp³-hybridized carbons (Fsp3) is 0.417.